The summed E-state index contributed by atoms with van der Waals surface area (Å²) in [6.45, 7) is 4.24. The van der Waals surface area contributed by atoms with Crippen LogP contribution < -0.4 is 5.32 Å². The van der Waals surface area contributed by atoms with Crippen molar-refractivity contribution in [1.82, 2.24) is 14.6 Å². The van der Waals surface area contributed by atoms with Gasteiger partial charge in [0.05, 0.1) is 5.02 Å². The summed E-state index contributed by atoms with van der Waals surface area (Å²) in [6, 6.07) is 3.59. The summed E-state index contributed by atoms with van der Waals surface area (Å²) in [6.07, 6.45) is 3.46. The Balaban J connectivity index is 2.36. The lowest BCUT2D eigenvalue weighted by atomic mass is 10.5. The quantitative estimate of drug-likeness (QED) is 0.785. The minimum absolute atomic E-state index is 0.576. The van der Waals surface area contributed by atoms with Gasteiger partial charge in [0.25, 0.3) is 0 Å². The van der Waals surface area contributed by atoms with Crippen LogP contribution in [0.3, 0.4) is 0 Å². The number of nitrogens with zero attached hydrogens (tertiary/aromatic N) is 3. The first-order valence-corrected chi connectivity index (χ1v) is 4.54. The second kappa shape index (κ2) is 3.67. The van der Waals surface area contributed by atoms with Crippen LogP contribution in [0.1, 0.15) is 0 Å². The summed E-state index contributed by atoms with van der Waals surface area (Å²) in [4.78, 5) is 4.23. The molecule has 0 bridgehead atoms. The van der Waals surface area contributed by atoms with Gasteiger partial charge in [0.1, 0.15) is 0 Å². The predicted molar refractivity (Wildman–Crippen MR) is 56.7 cm³/mol. The maximum Gasteiger partial charge on any atom is 0.243 e. The predicted octanol–water partition coefficient (Wildman–Crippen LogP) is 1.98. The van der Waals surface area contributed by atoms with E-state index in [1.165, 1.54) is 0 Å². The average Bonchev–Trinajstić information content (AvgIpc) is 2.56. The Morgan fingerprint density at radius 3 is 3.21 bits per heavy atom. The van der Waals surface area contributed by atoms with Crippen molar-refractivity contribution >= 4 is 23.2 Å². The minimum Gasteiger partial charge on any atom is -0.349 e. The van der Waals surface area contributed by atoms with E-state index in [-0.39, 0.29) is 0 Å². The molecule has 0 atom stereocenters. The van der Waals surface area contributed by atoms with Crippen LogP contribution in [0.5, 0.6) is 0 Å². The first kappa shape index (κ1) is 9.02. The van der Waals surface area contributed by atoms with E-state index in [1.54, 1.807) is 22.9 Å². The van der Waals surface area contributed by atoms with E-state index in [0.29, 0.717) is 17.5 Å². The molecule has 0 aliphatic heterocycles. The topological polar surface area (TPSA) is 42.2 Å². The standard InChI is InChI=1S/C9H9ClN4/c1-2-5-11-9-12-8-4-3-7(10)6-14(8)13-9/h2-4,6H,1,5H2,(H,11,13). The van der Waals surface area contributed by atoms with E-state index in [0.717, 1.165) is 5.65 Å². The summed E-state index contributed by atoms with van der Waals surface area (Å²) in [7, 11) is 0. The molecular formula is C9H9ClN4. The van der Waals surface area contributed by atoms with Crippen LogP contribution in [0.25, 0.3) is 5.65 Å². The highest BCUT2D eigenvalue weighted by atomic mass is 35.5. The Kier molecular flexibility index (Phi) is 2.37. The van der Waals surface area contributed by atoms with Crippen LogP contribution in [-0.2, 0) is 0 Å². The van der Waals surface area contributed by atoms with Crippen molar-refractivity contribution in [3.63, 3.8) is 0 Å². The van der Waals surface area contributed by atoms with Crippen LogP contribution in [0.15, 0.2) is 31.0 Å². The van der Waals surface area contributed by atoms with Crippen molar-refractivity contribution in [3.05, 3.63) is 36.0 Å². The highest BCUT2D eigenvalue weighted by molar-refractivity contribution is 6.30. The largest absolute Gasteiger partial charge is 0.349 e. The lowest BCUT2D eigenvalue weighted by molar-refractivity contribution is 0.959. The zero-order valence-electron chi connectivity index (χ0n) is 7.44. The van der Waals surface area contributed by atoms with Crippen LogP contribution in [0.4, 0.5) is 5.95 Å². The smallest absolute Gasteiger partial charge is 0.243 e. The van der Waals surface area contributed by atoms with Gasteiger partial charge in [-0.3, -0.25) is 0 Å². The third-order valence-electron chi connectivity index (χ3n) is 1.70. The molecule has 5 heteroatoms. The number of anilines is 1. The molecule has 0 aliphatic carbocycles. The normalized spacial score (nSPS) is 10.4. The maximum atomic E-state index is 5.81. The maximum absolute atomic E-state index is 5.81. The highest BCUT2D eigenvalue weighted by Gasteiger charge is 2.01. The third kappa shape index (κ3) is 1.70. The zero-order valence-corrected chi connectivity index (χ0v) is 8.20. The summed E-state index contributed by atoms with van der Waals surface area (Å²) < 4.78 is 1.63. The molecule has 2 aromatic heterocycles. The summed E-state index contributed by atoms with van der Waals surface area (Å²) in [5, 5.41) is 7.81. The van der Waals surface area contributed by atoms with Gasteiger partial charge in [0.2, 0.25) is 5.95 Å². The summed E-state index contributed by atoms with van der Waals surface area (Å²) >= 11 is 5.81. The lowest BCUT2D eigenvalue weighted by Gasteiger charge is -1.92. The molecule has 2 aromatic rings. The molecule has 2 rings (SSSR count). The fraction of sp³-hybridized carbons (Fsp3) is 0.111. The van der Waals surface area contributed by atoms with E-state index in [1.807, 2.05) is 6.07 Å². The summed E-state index contributed by atoms with van der Waals surface area (Å²) in [5.41, 5.74) is 0.765. The Bertz CT molecular complexity index is 463. The molecule has 72 valence electrons. The number of aromatic nitrogens is 3. The van der Waals surface area contributed by atoms with Crippen LogP contribution >= 0.6 is 11.6 Å². The molecule has 14 heavy (non-hydrogen) atoms. The molecule has 2 heterocycles. The van der Waals surface area contributed by atoms with Crippen molar-refractivity contribution in [2.45, 2.75) is 0 Å². The molecule has 0 amide bonds. The number of pyridine rings is 1. The first-order valence-electron chi connectivity index (χ1n) is 4.16. The van der Waals surface area contributed by atoms with Crippen LogP contribution in [-0.4, -0.2) is 21.1 Å². The molecule has 4 nitrogen and oxygen atoms in total. The number of halogens is 1. The van der Waals surface area contributed by atoms with Crippen LogP contribution in [0.2, 0.25) is 5.02 Å². The van der Waals surface area contributed by atoms with E-state index in [4.69, 9.17) is 11.6 Å². The van der Waals surface area contributed by atoms with Gasteiger partial charge in [-0.15, -0.1) is 11.7 Å². The van der Waals surface area contributed by atoms with Gasteiger partial charge in [0, 0.05) is 12.7 Å². The fourth-order valence-corrected chi connectivity index (χ4v) is 1.25. The van der Waals surface area contributed by atoms with Gasteiger partial charge in [-0.25, -0.2) is 4.52 Å². The van der Waals surface area contributed by atoms with Gasteiger partial charge < -0.3 is 5.32 Å². The van der Waals surface area contributed by atoms with Crippen molar-refractivity contribution < 1.29 is 0 Å². The molecule has 0 unspecified atom stereocenters. The molecule has 0 aromatic carbocycles. The highest BCUT2D eigenvalue weighted by Crippen LogP contribution is 2.10. The molecule has 0 spiro atoms. The molecular weight excluding hydrogens is 200 g/mol. The second-order valence-corrected chi connectivity index (χ2v) is 3.19. The molecule has 0 radical (unpaired) electrons. The molecule has 0 aliphatic rings. The van der Waals surface area contributed by atoms with Crippen molar-refractivity contribution in [3.8, 4) is 0 Å². The van der Waals surface area contributed by atoms with Gasteiger partial charge in [0.15, 0.2) is 5.65 Å². The summed E-state index contributed by atoms with van der Waals surface area (Å²) in [5.74, 6) is 0.576. The van der Waals surface area contributed by atoms with E-state index in [2.05, 4.69) is 22.0 Å². The van der Waals surface area contributed by atoms with E-state index in [9.17, 15) is 0 Å². The fourth-order valence-electron chi connectivity index (χ4n) is 1.10. The second-order valence-electron chi connectivity index (χ2n) is 2.76. The number of hydrogen-bond donors (Lipinski definition) is 1. The SMILES string of the molecule is C=CCNc1nc2ccc(Cl)cn2n1. The third-order valence-corrected chi connectivity index (χ3v) is 1.92. The van der Waals surface area contributed by atoms with Gasteiger partial charge >= 0.3 is 0 Å². The van der Waals surface area contributed by atoms with Gasteiger partial charge in [-0.05, 0) is 12.1 Å². The van der Waals surface area contributed by atoms with Crippen molar-refractivity contribution in [2.24, 2.45) is 0 Å². The van der Waals surface area contributed by atoms with Crippen molar-refractivity contribution in [2.75, 3.05) is 11.9 Å². The Morgan fingerprint density at radius 2 is 2.43 bits per heavy atom. The number of nitrogens with one attached hydrogen (secondary N) is 1. The number of rotatable bonds is 3. The van der Waals surface area contributed by atoms with Gasteiger partial charge in [-0.1, -0.05) is 17.7 Å². The van der Waals surface area contributed by atoms with E-state index >= 15 is 0 Å². The number of fused-ring (bicyclic) bond motifs is 1. The number of hydrogen-bond acceptors (Lipinski definition) is 3. The first-order chi connectivity index (χ1) is 6.79. The molecule has 0 saturated heterocycles. The van der Waals surface area contributed by atoms with Gasteiger partial charge in [-0.2, -0.15) is 4.98 Å². The zero-order chi connectivity index (χ0) is 9.97. The minimum atomic E-state index is 0.576. The van der Waals surface area contributed by atoms with Crippen LogP contribution in [0, 0.1) is 0 Å². The Morgan fingerprint density at radius 1 is 1.57 bits per heavy atom. The monoisotopic (exact) mass is 208 g/mol. The molecule has 1 N–H and O–H groups in total. The lowest BCUT2D eigenvalue weighted by Crippen LogP contribution is -1.99. The van der Waals surface area contributed by atoms with Crippen molar-refractivity contribution in [1.29, 1.82) is 0 Å². The molecule has 0 saturated carbocycles. The van der Waals surface area contributed by atoms with E-state index < -0.39 is 0 Å². The Hall–Kier alpha value is -1.55. The average molecular weight is 209 g/mol. The Labute approximate surface area is 86.2 Å². The molecule has 0 fully saturated rings.